The molecule has 1 aliphatic heterocycles. The fraction of sp³-hybridized carbons (Fsp3) is 0.200. The van der Waals surface area contributed by atoms with E-state index in [1.165, 1.54) is 6.55 Å². The molecule has 110 valence electrons. The van der Waals surface area contributed by atoms with E-state index in [9.17, 15) is 14.2 Å². The van der Waals surface area contributed by atoms with Gasteiger partial charge in [-0.05, 0) is 24.2 Å². The van der Waals surface area contributed by atoms with Crippen molar-refractivity contribution in [3.8, 4) is 16.9 Å². The molecule has 0 amide bonds. The third-order valence-corrected chi connectivity index (χ3v) is 7.62. The van der Waals surface area contributed by atoms with Gasteiger partial charge in [0, 0.05) is 17.8 Å². The summed E-state index contributed by atoms with van der Waals surface area (Å²) in [6, 6.07) is 15.1. The normalized spacial score (nSPS) is 20.3. The lowest BCUT2D eigenvalue weighted by Gasteiger charge is -2.29. The Hall–Kier alpha value is -1.39. The van der Waals surface area contributed by atoms with E-state index < -0.39 is 15.9 Å². The molecule has 6 heteroatoms. The van der Waals surface area contributed by atoms with Crippen molar-refractivity contribution in [3.05, 3.63) is 48.5 Å². The Bertz CT molecular complexity index is 724. The van der Waals surface area contributed by atoms with E-state index in [0.29, 0.717) is 11.1 Å². The van der Waals surface area contributed by atoms with Crippen LogP contribution in [0.3, 0.4) is 0 Å². The number of para-hydroxylation sites is 1. The van der Waals surface area contributed by atoms with Crippen LogP contribution in [-0.4, -0.2) is 24.3 Å². The van der Waals surface area contributed by atoms with Gasteiger partial charge in [-0.15, -0.1) is 0 Å². The van der Waals surface area contributed by atoms with Gasteiger partial charge < -0.3 is 14.1 Å². The van der Waals surface area contributed by atoms with Gasteiger partial charge in [0.05, 0.1) is 5.30 Å². The van der Waals surface area contributed by atoms with Crippen LogP contribution < -0.4 is 9.83 Å². The monoisotopic (exact) mass is 320 g/mol. The van der Waals surface area contributed by atoms with E-state index >= 15 is 0 Å². The second-order valence-electron chi connectivity index (χ2n) is 5.47. The fourth-order valence-electron chi connectivity index (χ4n) is 2.50. The molecule has 0 saturated carbocycles. The molecule has 1 heterocycles. The van der Waals surface area contributed by atoms with Crippen LogP contribution in [0.1, 0.15) is 0 Å². The van der Waals surface area contributed by atoms with E-state index in [0.717, 1.165) is 11.1 Å². The highest BCUT2D eigenvalue weighted by atomic mass is 31.2. The van der Waals surface area contributed by atoms with Crippen molar-refractivity contribution in [1.29, 1.82) is 0 Å². The van der Waals surface area contributed by atoms with E-state index in [1.807, 2.05) is 36.4 Å². The molecule has 4 nitrogen and oxygen atoms in total. The number of benzene rings is 2. The molecule has 1 aliphatic rings. The van der Waals surface area contributed by atoms with Crippen molar-refractivity contribution in [2.24, 2.45) is 0 Å². The highest BCUT2D eigenvalue weighted by Crippen LogP contribution is 2.55. The molecular formula is C15H17O4PSi. The molecule has 0 fully saturated rings. The zero-order chi connectivity index (χ0) is 15.1. The van der Waals surface area contributed by atoms with Crippen LogP contribution in [0.25, 0.3) is 11.1 Å². The van der Waals surface area contributed by atoms with Crippen molar-refractivity contribution in [3.63, 3.8) is 0 Å². The summed E-state index contributed by atoms with van der Waals surface area (Å²) in [5, 5.41) is 0.668. The SMILES string of the molecule is C[Si](O)(O)CCP1(=O)Oc2ccccc2-c2ccccc21. The first-order valence-electron chi connectivity index (χ1n) is 6.81. The molecule has 0 saturated heterocycles. The van der Waals surface area contributed by atoms with Crippen molar-refractivity contribution in [2.75, 3.05) is 6.16 Å². The smallest absolute Gasteiger partial charge is 0.330 e. The Labute approximate surface area is 124 Å². The van der Waals surface area contributed by atoms with Crippen molar-refractivity contribution >= 4 is 21.2 Å². The third kappa shape index (κ3) is 2.83. The Kier molecular flexibility index (Phi) is 3.54. The van der Waals surface area contributed by atoms with E-state index in [1.54, 1.807) is 12.1 Å². The first kappa shape index (κ1) is 14.5. The Balaban J connectivity index is 2.08. The quantitative estimate of drug-likeness (QED) is 0.674. The Morgan fingerprint density at radius 2 is 1.67 bits per heavy atom. The zero-order valence-electron chi connectivity index (χ0n) is 11.7. The Morgan fingerprint density at radius 3 is 2.38 bits per heavy atom. The highest BCUT2D eigenvalue weighted by Gasteiger charge is 2.38. The number of hydrogen-bond acceptors (Lipinski definition) is 4. The summed E-state index contributed by atoms with van der Waals surface area (Å²) in [5.41, 5.74) is 1.83. The van der Waals surface area contributed by atoms with Crippen LogP contribution in [0.4, 0.5) is 0 Å². The van der Waals surface area contributed by atoms with Crippen LogP contribution in [0.15, 0.2) is 48.5 Å². The van der Waals surface area contributed by atoms with Gasteiger partial charge in [-0.25, -0.2) is 0 Å². The first-order valence-corrected chi connectivity index (χ1v) is 11.2. The van der Waals surface area contributed by atoms with Gasteiger partial charge in [0.2, 0.25) is 0 Å². The van der Waals surface area contributed by atoms with Gasteiger partial charge in [0.15, 0.2) is 0 Å². The summed E-state index contributed by atoms with van der Waals surface area (Å²) in [5.74, 6) is 0.596. The standard InChI is InChI=1S/C15H17O4PSi/c1-21(17,18)11-10-20(16)15-9-5-3-7-13(15)12-6-2-4-8-14(12)19-20/h2-9,17-18H,10-11H2,1H3. The van der Waals surface area contributed by atoms with Crippen LogP contribution in [-0.2, 0) is 4.57 Å². The first-order chi connectivity index (χ1) is 9.89. The molecule has 2 aromatic rings. The van der Waals surface area contributed by atoms with Gasteiger partial charge in [0.25, 0.3) is 7.37 Å². The highest BCUT2D eigenvalue weighted by molar-refractivity contribution is 7.67. The molecule has 3 rings (SSSR count). The molecule has 0 spiro atoms. The average Bonchev–Trinajstić information content (AvgIpc) is 2.45. The number of rotatable bonds is 3. The van der Waals surface area contributed by atoms with Crippen molar-refractivity contribution in [1.82, 2.24) is 0 Å². The second kappa shape index (κ2) is 5.11. The maximum atomic E-state index is 13.2. The summed E-state index contributed by atoms with van der Waals surface area (Å²) in [6.07, 6.45) is 0.147. The molecule has 2 N–H and O–H groups in total. The third-order valence-electron chi connectivity index (χ3n) is 3.57. The predicted octanol–water partition coefficient (Wildman–Crippen LogP) is 2.71. The molecule has 0 bridgehead atoms. The van der Waals surface area contributed by atoms with E-state index in [2.05, 4.69) is 0 Å². The fourth-order valence-corrected chi connectivity index (χ4v) is 7.16. The van der Waals surface area contributed by atoms with Crippen LogP contribution >= 0.6 is 7.37 Å². The van der Waals surface area contributed by atoms with Gasteiger partial charge in [0.1, 0.15) is 5.75 Å². The summed E-state index contributed by atoms with van der Waals surface area (Å²) in [4.78, 5) is 19.2. The zero-order valence-corrected chi connectivity index (χ0v) is 13.6. The topological polar surface area (TPSA) is 66.8 Å². The molecule has 0 radical (unpaired) electrons. The summed E-state index contributed by atoms with van der Waals surface area (Å²) in [7, 11) is -6.37. The van der Waals surface area contributed by atoms with Crippen LogP contribution in [0, 0.1) is 0 Å². The molecule has 1 unspecified atom stereocenters. The van der Waals surface area contributed by atoms with Gasteiger partial charge in [-0.3, -0.25) is 4.57 Å². The minimum atomic E-state index is -3.25. The summed E-state index contributed by atoms with van der Waals surface area (Å²) in [6.45, 7) is 1.42. The molecule has 1 atom stereocenters. The Morgan fingerprint density at radius 1 is 1.05 bits per heavy atom. The van der Waals surface area contributed by atoms with Gasteiger partial charge >= 0.3 is 8.56 Å². The molecular weight excluding hydrogens is 303 g/mol. The number of fused-ring (bicyclic) bond motifs is 3. The number of hydrogen-bond donors (Lipinski definition) is 2. The minimum absolute atomic E-state index is 0.126. The van der Waals surface area contributed by atoms with Crippen molar-refractivity contribution < 1.29 is 18.7 Å². The molecule has 2 aromatic carbocycles. The molecule has 0 aromatic heterocycles. The van der Waals surface area contributed by atoms with E-state index in [-0.39, 0.29) is 12.2 Å². The van der Waals surface area contributed by atoms with Gasteiger partial charge in [-0.1, -0.05) is 36.4 Å². The van der Waals surface area contributed by atoms with Crippen molar-refractivity contribution in [2.45, 2.75) is 12.6 Å². The largest absolute Gasteiger partial charge is 0.439 e. The molecule has 0 aliphatic carbocycles. The van der Waals surface area contributed by atoms with E-state index in [4.69, 9.17) is 4.52 Å². The van der Waals surface area contributed by atoms with Crippen LogP contribution in [0.2, 0.25) is 12.6 Å². The lowest BCUT2D eigenvalue weighted by molar-refractivity contribution is 0.371. The lowest BCUT2D eigenvalue weighted by atomic mass is 10.0. The maximum absolute atomic E-state index is 13.2. The second-order valence-corrected chi connectivity index (χ2v) is 10.9. The predicted molar refractivity (Wildman–Crippen MR) is 85.5 cm³/mol. The average molecular weight is 320 g/mol. The molecule has 21 heavy (non-hydrogen) atoms. The van der Waals surface area contributed by atoms with Gasteiger partial charge in [-0.2, -0.15) is 0 Å². The minimum Gasteiger partial charge on any atom is -0.439 e. The maximum Gasteiger partial charge on any atom is 0.330 e. The van der Waals surface area contributed by atoms with Crippen LogP contribution in [0.5, 0.6) is 5.75 Å². The summed E-state index contributed by atoms with van der Waals surface area (Å²) >= 11 is 0. The lowest BCUT2D eigenvalue weighted by Crippen LogP contribution is -2.32. The summed E-state index contributed by atoms with van der Waals surface area (Å²) < 4.78 is 19.0.